The van der Waals surface area contributed by atoms with Gasteiger partial charge in [-0.25, -0.2) is 4.98 Å². The highest BCUT2D eigenvalue weighted by atomic mass is 16.3. The third-order valence-corrected chi connectivity index (χ3v) is 3.85. The Balaban J connectivity index is 2.03. The van der Waals surface area contributed by atoms with E-state index in [-0.39, 0.29) is 5.91 Å². The Morgan fingerprint density at radius 1 is 1.45 bits per heavy atom. The van der Waals surface area contributed by atoms with E-state index in [2.05, 4.69) is 4.98 Å². The summed E-state index contributed by atoms with van der Waals surface area (Å²) in [4.78, 5) is 20.3. The number of amides is 1. The summed E-state index contributed by atoms with van der Waals surface area (Å²) in [5.41, 5.74) is -0.0894. The maximum absolute atomic E-state index is 12.4. The number of carbonyl (C=O) groups is 1. The molecule has 6 heteroatoms. The fourth-order valence-electron chi connectivity index (χ4n) is 2.85. The molecule has 1 aliphatic rings. The molecular weight excluding hydrogens is 256 g/mol. The van der Waals surface area contributed by atoms with E-state index in [1.807, 2.05) is 30.9 Å². The van der Waals surface area contributed by atoms with Crippen molar-refractivity contribution in [2.45, 2.75) is 24.9 Å². The predicted octanol–water partition coefficient (Wildman–Crippen LogP) is 0.339. The van der Waals surface area contributed by atoms with Gasteiger partial charge in [0.15, 0.2) is 0 Å². The van der Waals surface area contributed by atoms with Crippen molar-refractivity contribution < 1.29 is 9.90 Å². The fourth-order valence-corrected chi connectivity index (χ4v) is 2.85. The van der Waals surface area contributed by atoms with E-state index in [0.29, 0.717) is 31.7 Å². The van der Waals surface area contributed by atoms with Gasteiger partial charge in [-0.1, -0.05) is 0 Å². The molecule has 1 saturated heterocycles. The van der Waals surface area contributed by atoms with Crippen molar-refractivity contribution in [3.8, 4) is 0 Å². The fraction of sp³-hybridized carbons (Fsp3) is 0.714. The van der Waals surface area contributed by atoms with Gasteiger partial charge in [0.1, 0.15) is 5.69 Å². The lowest BCUT2D eigenvalue weighted by molar-refractivity contribution is 0.00303. The topological polar surface area (TPSA) is 61.6 Å². The average molecular weight is 280 g/mol. The van der Waals surface area contributed by atoms with Gasteiger partial charge < -0.3 is 19.5 Å². The SMILES string of the molecule is CN(C)CC1(O)CCCN(C(=O)c2cncn2C)CC1. The third-order valence-electron chi connectivity index (χ3n) is 3.85. The van der Waals surface area contributed by atoms with Gasteiger partial charge in [0.2, 0.25) is 0 Å². The van der Waals surface area contributed by atoms with Crippen molar-refractivity contribution in [1.29, 1.82) is 0 Å². The number of imidazole rings is 1. The number of nitrogens with zero attached hydrogens (tertiary/aromatic N) is 4. The summed E-state index contributed by atoms with van der Waals surface area (Å²) in [6, 6.07) is 0. The molecule has 1 N–H and O–H groups in total. The Bertz CT molecular complexity index is 471. The highest BCUT2D eigenvalue weighted by molar-refractivity contribution is 5.92. The highest BCUT2D eigenvalue weighted by Crippen LogP contribution is 2.23. The molecule has 2 heterocycles. The molecule has 1 aliphatic heterocycles. The molecule has 0 radical (unpaired) electrons. The Morgan fingerprint density at radius 2 is 2.20 bits per heavy atom. The second kappa shape index (κ2) is 5.93. The first kappa shape index (κ1) is 15.0. The first-order chi connectivity index (χ1) is 9.41. The minimum atomic E-state index is -0.689. The third kappa shape index (κ3) is 3.37. The lowest BCUT2D eigenvalue weighted by Gasteiger charge is -2.29. The average Bonchev–Trinajstić information content (AvgIpc) is 2.68. The molecular formula is C14H24N4O2. The normalized spacial score (nSPS) is 23.9. The van der Waals surface area contributed by atoms with Crippen molar-refractivity contribution in [3.63, 3.8) is 0 Å². The molecule has 2 rings (SSSR count). The largest absolute Gasteiger partial charge is 0.388 e. The van der Waals surface area contributed by atoms with E-state index in [1.165, 1.54) is 0 Å². The molecule has 1 fully saturated rings. The van der Waals surface area contributed by atoms with Gasteiger partial charge in [-0.05, 0) is 33.4 Å². The number of carbonyl (C=O) groups excluding carboxylic acids is 1. The van der Waals surface area contributed by atoms with Crippen molar-refractivity contribution >= 4 is 5.91 Å². The lowest BCUT2D eigenvalue weighted by Crippen LogP contribution is -2.41. The van der Waals surface area contributed by atoms with Crippen LogP contribution < -0.4 is 0 Å². The van der Waals surface area contributed by atoms with Gasteiger partial charge in [-0.3, -0.25) is 4.79 Å². The molecule has 1 amide bonds. The molecule has 112 valence electrons. The molecule has 0 spiro atoms. The first-order valence-electron chi connectivity index (χ1n) is 7.04. The zero-order valence-electron chi connectivity index (χ0n) is 12.5. The lowest BCUT2D eigenvalue weighted by atomic mass is 9.94. The molecule has 0 bridgehead atoms. The van der Waals surface area contributed by atoms with E-state index >= 15 is 0 Å². The smallest absolute Gasteiger partial charge is 0.272 e. The number of aliphatic hydroxyl groups is 1. The maximum Gasteiger partial charge on any atom is 0.272 e. The van der Waals surface area contributed by atoms with Crippen LogP contribution in [0.2, 0.25) is 0 Å². The summed E-state index contributed by atoms with van der Waals surface area (Å²) in [6.07, 6.45) is 5.41. The molecule has 20 heavy (non-hydrogen) atoms. The summed E-state index contributed by atoms with van der Waals surface area (Å²) < 4.78 is 1.74. The number of hydrogen-bond donors (Lipinski definition) is 1. The second-order valence-corrected chi connectivity index (χ2v) is 6.00. The van der Waals surface area contributed by atoms with Crippen molar-refractivity contribution in [2.24, 2.45) is 7.05 Å². The Labute approximate surface area is 120 Å². The molecule has 0 aromatic carbocycles. The van der Waals surface area contributed by atoms with Crippen LogP contribution in [0.25, 0.3) is 0 Å². The number of aryl methyl sites for hydroxylation is 1. The quantitative estimate of drug-likeness (QED) is 0.867. The molecule has 0 saturated carbocycles. The van der Waals surface area contributed by atoms with E-state index in [9.17, 15) is 9.90 Å². The zero-order chi connectivity index (χ0) is 14.8. The first-order valence-corrected chi connectivity index (χ1v) is 7.04. The summed E-state index contributed by atoms with van der Waals surface area (Å²) in [5, 5.41) is 10.6. The summed E-state index contributed by atoms with van der Waals surface area (Å²) in [6.45, 7) is 1.93. The van der Waals surface area contributed by atoms with Crippen LogP contribution >= 0.6 is 0 Å². The van der Waals surface area contributed by atoms with Crippen molar-refractivity contribution in [2.75, 3.05) is 33.7 Å². The summed E-state index contributed by atoms with van der Waals surface area (Å²) in [7, 11) is 5.74. The van der Waals surface area contributed by atoms with Crippen LogP contribution in [0.1, 0.15) is 29.8 Å². The number of likely N-dealkylation sites (N-methyl/N-ethyl adjacent to an activating group) is 1. The molecule has 6 nitrogen and oxygen atoms in total. The van der Waals surface area contributed by atoms with Gasteiger partial charge >= 0.3 is 0 Å². The Kier molecular flexibility index (Phi) is 4.45. The minimum Gasteiger partial charge on any atom is -0.388 e. The van der Waals surface area contributed by atoms with Crippen LogP contribution in [0.5, 0.6) is 0 Å². The van der Waals surface area contributed by atoms with E-state index in [1.54, 1.807) is 17.1 Å². The second-order valence-electron chi connectivity index (χ2n) is 6.00. The number of hydrogen-bond acceptors (Lipinski definition) is 4. The standard InChI is InChI=1S/C14H24N4O2/c1-16(2)10-14(20)5-4-7-18(8-6-14)13(19)12-9-15-11-17(12)3/h9,11,20H,4-8,10H2,1-3H3. The number of rotatable bonds is 3. The molecule has 1 atom stereocenters. The van der Waals surface area contributed by atoms with Crippen LogP contribution in [0.4, 0.5) is 0 Å². The van der Waals surface area contributed by atoms with E-state index in [0.717, 1.165) is 12.8 Å². The van der Waals surface area contributed by atoms with Gasteiger partial charge in [0.25, 0.3) is 5.91 Å². The van der Waals surface area contributed by atoms with Crippen LogP contribution in [0, 0.1) is 0 Å². The van der Waals surface area contributed by atoms with E-state index in [4.69, 9.17) is 0 Å². The molecule has 1 aromatic rings. The Hall–Kier alpha value is -1.40. The summed E-state index contributed by atoms with van der Waals surface area (Å²) in [5.74, 6) is -0.000830. The van der Waals surface area contributed by atoms with Crippen molar-refractivity contribution in [1.82, 2.24) is 19.4 Å². The zero-order valence-corrected chi connectivity index (χ0v) is 12.5. The van der Waals surface area contributed by atoms with Gasteiger partial charge in [0, 0.05) is 26.7 Å². The molecule has 1 aromatic heterocycles. The summed E-state index contributed by atoms with van der Waals surface area (Å²) >= 11 is 0. The Morgan fingerprint density at radius 3 is 2.80 bits per heavy atom. The van der Waals surface area contributed by atoms with Crippen LogP contribution in [-0.4, -0.2) is 69.7 Å². The predicted molar refractivity (Wildman–Crippen MR) is 76.5 cm³/mol. The van der Waals surface area contributed by atoms with Gasteiger partial charge in [0.05, 0.1) is 18.1 Å². The van der Waals surface area contributed by atoms with Gasteiger partial charge in [-0.15, -0.1) is 0 Å². The minimum absolute atomic E-state index is 0.000830. The number of aromatic nitrogens is 2. The van der Waals surface area contributed by atoms with Crippen LogP contribution in [0.15, 0.2) is 12.5 Å². The molecule has 1 unspecified atom stereocenters. The van der Waals surface area contributed by atoms with Crippen LogP contribution in [-0.2, 0) is 7.05 Å². The number of likely N-dealkylation sites (tertiary alicyclic amines) is 1. The van der Waals surface area contributed by atoms with Crippen molar-refractivity contribution in [3.05, 3.63) is 18.2 Å². The van der Waals surface area contributed by atoms with E-state index < -0.39 is 5.60 Å². The van der Waals surface area contributed by atoms with Gasteiger partial charge in [-0.2, -0.15) is 0 Å². The highest BCUT2D eigenvalue weighted by Gasteiger charge is 2.32. The molecule has 0 aliphatic carbocycles. The monoisotopic (exact) mass is 280 g/mol. The van der Waals surface area contributed by atoms with Crippen LogP contribution in [0.3, 0.4) is 0 Å². The maximum atomic E-state index is 12.4.